The molecular weight excluding hydrogens is 430 g/mol. The van der Waals surface area contributed by atoms with Gasteiger partial charge in [0.15, 0.2) is 5.11 Å². The average molecular weight is 458 g/mol. The van der Waals surface area contributed by atoms with E-state index in [9.17, 15) is 14.4 Å². The molecule has 0 aromatic heterocycles. The van der Waals surface area contributed by atoms with Crippen LogP contribution in [0.2, 0.25) is 0 Å². The Morgan fingerprint density at radius 3 is 2.38 bits per heavy atom. The van der Waals surface area contributed by atoms with Gasteiger partial charge in [0.25, 0.3) is 5.91 Å². The second kappa shape index (κ2) is 13.2. The number of hydrogen-bond acceptors (Lipinski definition) is 6. The Bertz CT molecular complexity index is 936. The molecule has 2 aromatic rings. The summed E-state index contributed by atoms with van der Waals surface area (Å²) in [5.41, 5.74) is 1.91. The van der Waals surface area contributed by atoms with E-state index in [1.807, 2.05) is 30.3 Å². The fraction of sp³-hybridized carbons (Fsp3) is 0.304. The Kier molecular flexibility index (Phi) is 10.3. The van der Waals surface area contributed by atoms with Gasteiger partial charge in [0, 0.05) is 27.1 Å². The molecular formula is C23H27N3O5S. The second-order valence-electron chi connectivity index (χ2n) is 6.91. The maximum Gasteiger partial charge on any atom is 0.306 e. The standard InChI is InChI=1S/C23H27N3O5S/c1-26(16-17-8-4-3-5-9-17)22(29)18-10-6-7-11-19(18)24-23(32)25-20(27)12-13-21(28)31-15-14-30-2/h3-11H,12-16H2,1-2H3,(H2,24,25,27,32). The van der Waals surface area contributed by atoms with Gasteiger partial charge in [-0.05, 0) is 29.9 Å². The summed E-state index contributed by atoms with van der Waals surface area (Å²) in [6.45, 7) is 0.890. The number of ether oxygens (including phenoxy) is 2. The molecule has 0 saturated heterocycles. The van der Waals surface area contributed by atoms with Gasteiger partial charge in [-0.2, -0.15) is 0 Å². The highest BCUT2D eigenvalue weighted by Gasteiger charge is 2.17. The molecule has 2 rings (SSSR count). The van der Waals surface area contributed by atoms with Crippen molar-refractivity contribution >= 4 is 40.8 Å². The summed E-state index contributed by atoms with van der Waals surface area (Å²) in [6, 6.07) is 16.6. The smallest absolute Gasteiger partial charge is 0.306 e. The quantitative estimate of drug-likeness (QED) is 0.322. The summed E-state index contributed by atoms with van der Waals surface area (Å²) >= 11 is 5.19. The second-order valence-corrected chi connectivity index (χ2v) is 7.32. The van der Waals surface area contributed by atoms with Crippen molar-refractivity contribution in [2.24, 2.45) is 0 Å². The highest BCUT2D eigenvalue weighted by molar-refractivity contribution is 7.80. The number of carbonyl (C=O) groups is 3. The summed E-state index contributed by atoms with van der Waals surface area (Å²) in [5.74, 6) is -1.12. The van der Waals surface area contributed by atoms with Crippen molar-refractivity contribution < 1.29 is 23.9 Å². The Morgan fingerprint density at radius 2 is 1.66 bits per heavy atom. The minimum Gasteiger partial charge on any atom is -0.463 e. The average Bonchev–Trinajstić information content (AvgIpc) is 2.78. The summed E-state index contributed by atoms with van der Waals surface area (Å²) < 4.78 is 9.69. The van der Waals surface area contributed by atoms with Crippen molar-refractivity contribution in [3.63, 3.8) is 0 Å². The van der Waals surface area contributed by atoms with Crippen molar-refractivity contribution in [1.82, 2.24) is 10.2 Å². The van der Waals surface area contributed by atoms with Crippen LogP contribution >= 0.6 is 12.2 Å². The molecule has 0 unspecified atom stereocenters. The lowest BCUT2D eigenvalue weighted by atomic mass is 10.1. The van der Waals surface area contributed by atoms with Gasteiger partial charge in [0.05, 0.1) is 24.3 Å². The van der Waals surface area contributed by atoms with Crippen molar-refractivity contribution in [3.05, 3.63) is 65.7 Å². The van der Waals surface area contributed by atoms with Gasteiger partial charge in [0.2, 0.25) is 5.91 Å². The molecule has 0 radical (unpaired) electrons. The van der Waals surface area contributed by atoms with Gasteiger partial charge in [-0.15, -0.1) is 0 Å². The van der Waals surface area contributed by atoms with E-state index >= 15 is 0 Å². The zero-order chi connectivity index (χ0) is 23.3. The molecule has 0 aliphatic carbocycles. The molecule has 0 heterocycles. The van der Waals surface area contributed by atoms with Crippen molar-refractivity contribution in [2.45, 2.75) is 19.4 Å². The molecule has 8 nitrogen and oxygen atoms in total. The Hall–Kier alpha value is -3.30. The zero-order valence-electron chi connectivity index (χ0n) is 18.1. The predicted octanol–water partition coefficient (Wildman–Crippen LogP) is 2.74. The van der Waals surface area contributed by atoms with E-state index in [2.05, 4.69) is 10.6 Å². The highest BCUT2D eigenvalue weighted by atomic mass is 32.1. The third-order valence-corrected chi connectivity index (χ3v) is 4.58. The molecule has 0 bridgehead atoms. The van der Waals surface area contributed by atoms with Gasteiger partial charge in [0.1, 0.15) is 6.61 Å². The molecule has 0 fully saturated rings. The molecule has 2 amide bonds. The summed E-state index contributed by atoms with van der Waals surface area (Å²) in [6.07, 6.45) is -0.147. The van der Waals surface area contributed by atoms with E-state index in [0.29, 0.717) is 24.4 Å². The SMILES string of the molecule is COCCOC(=O)CCC(=O)NC(=S)Nc1ccccc1C(=O)N(C)Cc1ccccc1. The largest absolute Gasteiger partial charge is 0.463 e. The number of esters is 1. The first-order valence-corrected chi connectivity index (χ1v) is 10.5. The molecule has 2 N–H and O–H groups in total. The Morgan fingerprint density at radius 1 is 0.969 bits per heavy atom. The van der Waals surface area contributed by atoms with Crippen LogP contribution in [0.3, 0.4) is 0 Å². The van der Waals surface area contributed by atoms with E-state index in [-0.39, 0.29) is 30.5 Å². The van der Waals surface area contributed by atoms with Crippen LogP contribution in [-0.2, 0) is 25.6 Å². The van der Waals surface area contributed by atoms with Gasteiger partial charge in [-0.3, -0.25) is 14.4 Å². The van der Waals surface area contributed by atoms with Gasteiger partial charge >= 0.3 is 5.97 Å². The lowest BCUT2D eigenvalue weighted by molar-refractivity contribution is -0.146. The highest BCUT2D eigenvalue weighted by Crippen LogP contribution is 2.18. The number of rotatable bonds is 10. The normalized spacial score (nSPS) is 10.2. The van der Waals surface area contributed by atoms with Crippen LogP contribution < -0.4 is 10.6 Å². The molecule has 0 aliphatic rings. The summed E-state index contributed by atoms with van der Waals surface area (Å²) in [5, 5.41) is 5.44. The summed E-state index contributed by atoms with van der Waals surface area (Å²) in [7, 11) is 3.22. The molecule has 32 heavy (non-hydrogen) atoms. The van der Waals surface area contributed by atoms with Gasteiger partial charge in [-0.1, -0.05) is 42.5 Å². The number of anilines is 1. The molecule has 2 aromatic carbocycles. The number of benzene rings is 2. The van der Waals surface area contributed by atoms with Crippen molar-refractivity contribution in [2.75, 3.05) is 32.7 Å². The molecule has 0 atom stereocenters. The number of nitrogens with zero attached hydrogens (tertiary/aromatic N) is 1. The fourth-order valence-electron chi connectivity index (χ4n) is 2.78. The summed E-state index contributed by atoms with van der Waals surface area (Å²) in [4.78, 5) is 38.2. The number of hydrogen-bond donors (Lipinski definition) is 2. The van der Waals surface area contributed by atoms with Gasteiger partial charge < -0.3 is 25.0 Å². The third-order valence-electron chi connectivity index (χ3n) is 4.37. The Labute approximate surface area is 192 Å². The van der Waals surface area contributed by atoms with E-state index in [0.717, 1.165) is 5.56 Å². The molecule has 0 aliphatic heterocycles. The number of carbonyl (C=O) groups excluding carboxylic acids is 3. The minimum absolute atomic E-state index is 0.0358. The minimum atomic E-state index is -0.492. The number of methoxy groups -OCH3 is 1. The zero-order valence-corrected chi connectivity index (χ0v) is 18.9. The molecule has 0 spiro atoms. The van der Waals surface area contributed by atoms with Crippen LogP contribution in [0.4, 0.5) is 5.69 Å². The van der Waals surface area contributed by atoms with Gasteiger partial charge in [-0.25, -0.2) is 0 Å². The van der Waals surface area contributed by atoms with Crippen molar-refractivity contribution in [1.29, 1.82) is 0 Å². The predicted molar refractivity (Wildman–Crippen MR) is 125 cm³/mol. The van der Waals surface area contributed by atoms with Crippen LogP contribution in [0.1, 0.15) is 28.8 Å². The van der Waals surface area contributed by atoms with E-state index in [4.69, 9.17) is 21.7 Å². The fourth-order valence-corrected chi connectivity index (χ4v) is 3.01. The third kappa shape index (κ3) is 8.44. The first-order valence-electron chi connectivity index (χ1n) is 10.0. The maximum absolute atomic E-state index is 13.0. The number of thiocarbonyl (C=S) groups is 1. The Balaban J connectivity index is 1.90. The first kappa shape index (κ1) is 25.0. The number of para-hydroxylation sites is 1. The molecule has 9 heteroatoms. The van der Waals surface area contributed by atoms with Crippen LogP contribution in [-0.4, -0.2) is 55.2 Å². The topological polar surface area (TPSA) is 97.0 Å². The molecule has 0 saturated carbocycles. The van der Waals surface area contributed by atoms with E-state index < -0.39 is 11.9 Å². The van der Waals surface area contributed by atoms with Crippen LogP contribution in [0.15, 0.2) is 54.6 Å². The maximum atomic E-state index is 13.0. The lowest BCUT2D eigenvalue weighted by Crippen LogP contribution is -2.35. The monoisotopic (exact) mass is 457 g/mol. The van der Waals surface area contributed by atoms with Crippen molar-refractivity contribution in [3.8, 4) is 0 Å². The van der Waals surface area contributed by atoms with Crippen LogP contribution in [0.25, 0.3) is 0 Å². The van der Waals surface area contributed by atoms with E-state index in [1.165, 1.54) is 7.11 Å². The first-order chi connectivity index (χ1) is 15.4. The number of nitrogens with one attached hydrogen (secondary N) is 2. The van der Waals surface area contributed by atoms with E-state index in [1.54, 1.807) is 36.2 Å². The van der Waals surface area contributed by atoms with Crippen LogP contribution in [0, 0.1) is 0 Å². The molecule has 170 valence electrons. The number of amides is 2. The lowest BCUT2D eigenvalue weighted by Gasteiger charge is -2.20. The van der Waals surface area contributed by atoms with Crippen LogP contribution in [0.5, 0.6) is 0 Å².